The Morgan fingerprint density at radius 1 is 1.00 bits per heavy atom. The lowest BCUT2D eigenvalue weighted by molar-refractivity contribution is -0.116. The van der Waals surface area contributed by atoms with Gasteiger partial charge in [-0.1, -0.05) is 11.6 Å². The quantitative estimate of drug-likeness (QED) is 0.496. The average molecular weight is 466 g/mol. The van der Waals surface area contributed by atoms with Crippen molar-refractivity contribution in [3.63, 3.8) is 0 Å². The van der Waals surface area contributed by atoms with Crippen LogP contribution in [0.3, 0.4) is 0 Å². The third kappa shape index (κ3) is 3.99. The zero-order valence-electron chi connectivity index (χ0n) is 15.4. The number of rotatable bonds is 4. The number of hydrogen-bond donors (Lipinski definition) is 1. The van der Waals surface area contributed by atoms with Gasteiger partial charge in [0.05, 0.1) is 21.9 Å². The summed E-state index contributed by atoms with van der Waals surface area (Å²) in [5.74, 6) is -3.30. The van der Waals surface area contributed by atoms with Crippen LogP contribution in [0.1, 0.15) is 0 Å². The fraction of sp³-hybridized carbons (Fsp3) is 0.0500. The molecule has 31 heavy (non-hydrogen) atoms. The molecule has 0 aliphatic heterocycles. The number of halogens is 4. The average Bonchev–Trinajstić information content (AvgIpc) is 3.17. The smallest absolute Gasteiger partial charge is 0.323 e. The molecule has 1 amide bonds. The van der Waals surface area contributed by atoms with E-state index in [2.05, 4.69) is 5.32 Å². The van der Waals surface area contributed by atoms with Gasteiger partial charge in [-0.15, -0.1) is 11.3 Å². The number of nitrogens with zero attached hydrogens (tertiary/aromatic N) is 2. The van der Waals surface area contributed by atoms with Gasteiger partial charge in [-0.25, -0.2) is 22.5 Å². The lowest BCUT2D eigenvalue weighted by atomic mass is 10.3. The van der Waals surface area contributed by atoms with Crippen LogP contribution in [-0.4, -0.2) is 15.0 Å². The molecule has 6 nitrogen and oxygen atoms in total. The lowest BCUT2D eigenvalue weighted by Crippen LogP contribution is -2.40. The summed E-state index contributed by atoms with van der Waals surface area (Å²) in [6.07, 6.45) is 0. The van der Waals surface area contributed by atoms with E-state index < -0.39 is 41.2 Å². The lowest BCUT2D eigenvalue weighted by Gasteiger charge is -2.13. The molecular formula is C20H11ClF3N3O3S. The van der Waals surface area contributed by atoms with Crippen molar-refractivity contribution < 1.29 is 18.0 Å². The molecule has 0 radical (unpaired) electrons. The Kier molecular flexibility index (Phi) is 5.42. The number of carbonyl (C=O) groups excluding carboxylic acids is 1. The number of fused-ring (bicyclic) bond motifs is 1. The van der Waals surface area contributed by atoms with E-state index in [1.54, 1.807) is 5.38 Å². The molecular weight excluding hydrogens is 455 g/mol. The molecule has 0 saturated carbocycles. The van der Waals surface area contributed by atoms with E-state index in [9.17, 15) is 27.6 Å². The molecule has 11 heteroatoms. The number of hydrogen-bond acceptors (Lipinski definition) is 4. The summed E-state index contributed by atoms with van der Waals surface area (Å²) in [6.45, 7) is -0.559. The molecule has 0 unspecified atom stereocenters. The van der Waals surface area contributed by atoms with Crippen LogP contribution in [0.4, 0.5) is 18.9 Å². The summed E-state index contributed by atoms with van der Waals surface area (Å²) in [4.78, 5) is 38.4. The maximum absolute atomic E-state index is 13.7. The van der Waals surface area contributed by atoms with Gasteiger partial charge in [0, 0.05) is 6.07 Å². The predicted octanol–water partition coefficient (Wildman–Crippen LogP) is 3.92. The van der Waals surface area contributed by atoms with Crippen LogP contribution in [0.2, 0.25) is 5.02 Å². The van der Waals surface area contributed by atoms with Crippen molar-refractivity contribution in [1.29, 1.82) is 0 Å². The standard InChI is InChI=1S/C20H11ClF3N3O3S/c21-14-2-1-10(22)8-15(14)25-17(28)9-26-16-3-4-31-18(16)19(29)27(20(26)30)13-6-11(23)5-12(24)7-13/h1-8H,9H2,(H,25,28). The number of carbonyl (C=O) groups is 1. The molecule has 4 aromatic rings. The minimum atomic E-state index is -0.974. The Balaban J connectivity index is 1.82. The SMILES string of the molecule is O=C(Cn1c(=O)n(-c2cc(F)cc(F)c2)c(=O)c2sccc21)Nc1cc(F)ccc1Cl. The molecule has 0 fully saturated rings. The van der Waals surface area contributed by atoms with E-state index in [-0.39, 0.29) is 26.6 Å². The topological polar surface area (TPSA) is 73.1 Å². The normalized spacial score (nSPS) is 11.1. The first-order valence-corrected chi connectivity index (χ1v) is 9.95. The Morgan fingerprint density at radius 2 is 1.71 bits per heavy atom. The highest BCUT2D eigenvalue weighted by Crippen LogP contribution is 2.23. The van der Waals surface area contributed by atoms with Crippen molar-refractivity contribution in [1.82, 2.24) is 9.13 Å². The molecule has 0 bridgehead atoms. The van der Waals surface area contributed by atoms with E-state index in [0.29, 0.717) is 10.6 Å². The first kappa shape index (κ1) is 20.9. The van der Waals surface area contributed by atoms with Crippen LogP contribution in [-0.2, 0) is 11.3 Å². The number of aromatic nitrogens is 2. The maximum Gasteiger partial charge on any atom is 0.336 e. The second-order valence-corrected chi connectivity index (χ2v) is 7.77. The summed E-state index contributed by atoms with van der Waals surface area (Å²) in [7, 11) is 0. The summed E-state index contributed by atoms with van der Waals surface area (Å²) in [5.41, 5.74) is -1.88. The molecule has 2 aromatic carbocycles. The van der Waals surface area contributed by atoms with Crippen LogP contribution in [0.15, 0.2) is 57.4 Å². The van der Waals surface area contributed by atoms with Gasteiger partial charge in [0.1, 0.15) is 28.7 Å². The predicted molar refractivity (Wildman–Crippen MR) is 112 cm³/mol. The van der Waals surface area contributed by atoms with E-state index in [4.69, 9.17) is 11.6 Å². The van der Waals surface area contributed by atoms with E-state index in [0.717, 1.165) is 40.2 Å². The molecule has 158 valence electrons. The second kappa shape index (κ2) is 8.05. The van der Waals surface area contributed by atoms with Crippen LogP contribution in [0.5, 0.6) is 0 Å². The summed E-state index contributed by atoms with van der Waals surface area (Å²) >= 11 is 6.95. The van der Waals surface area contributed by atoms with Crippen LogP contribution in [0, 0.1) is 17.5 Å². The van der Waals surface area contributed by atoms with E-state index >= 15 is 0 Å². The van der Waals surface area contributed by atoms with E-state index in [1.165, 1.54) is 12.1 Å². The maximum atomic E-state index is 13.7. The summed E-state index contributed by atoms with van der Waals surface area (Å²) < 4.78 is 42.5. The highest BCUT2D eigenvalue weighted by atomic mass is 35.5. The van der Waals surface area contributed by atoms with Crippen LogP contribution >= 0.6 is 22.9 Å². The molecule has 1 N–H and O–H groups in total. The van der Waals surface area contributed by atoms with Gasteiger partial charge in [0.25, 0.3) is 5.56 Å². The molecule has 0 spiro atoms. The minimum absolute atomic E-state index is 0.00167. The Hall–Kier alpha value is -3.37. The first-order chi connectivity index (χ1) is 14.7. The number of anilines is 1. The van der Waals surface area contributed by atoms with Gasteiger partial charge in [0.15, 0.2) is 0 Å². The second-order valence-electron chi connectivity index (χ2n) is 6.44. The molecule has 0 saturated heterocycles. The Labute approximate surface area is 180 Å². The van der Waals surface area contributed by atoms with Gasteiger partial charge in [-0.05, 0) is 41.8 Å². The van der Waals surface area contributed by atoms with E-state index in [1.807, 2.05) is 0 Å². The number of thiophene rings is 1. The molecule has 2 aromatic heterocycles. The van der Waals surface area contributed by atoms with Gasteiger partial charge < -0.3 is 5.32 Å². The van der Waals surface area contributed by atoms with Crippen molar-refractivity contribution in [2.24, 2.45) is 0 Å². The van der Waals surface area contributed by atoms with Gasteiger partial charge in [-0.3, -0.25) is 14.2 Å². The molecule has 2 heterocycles. The van der Waals surface area contributed by atoms with Gasteiger partial charge >= 0.3 is 5.69 Å². The van der Waals surface area contributed by atoms with Gasteiger partial charge in [-0.2, -0.15) is 0 Å². The van der Waals surface area contributed by atoms with Crippen molar-refractivity contribution >= 4 is 44.7 Å². The summed E-state index contributed by atoms with van der Waals surface area (Å²) in [5, 5.41) is 4.03. The minimum Gasteiger partial charge on any atom is -0.323 e. The number of benzene rings is 2. The zero-order chi connectivity index (χ0) is 22.3. The van der Waals surface area contributed by atoms with Crippen LogP contribution < -0.4 is 16.6 Å². The third-order valence-corrected chi connectivity index (χ3v) is 5.59. The fourth-order valence-corrected chi connectivity index (χ4v) is 4.05. The van der Waals surface area contributed by atoms with Gasteiger partial charge in [0.2, 0.25) is 5.91 Å². The largest absolute Gasteiger partial charge is 0.336 e. The Bertz CT molecular complexity index is 1440. The number of amides is 1. The number of nitrogens with one attached hydrogen (secondary N) is 1. The zero-order valence-corrected chi connectivity index (χ0v) is 16.9. The monoisotopic (exact) mass is 465 g/mol. The first-order valence-electron chi connectivity index (χ1n) is 8.69. The highest BCUT2D eigenvalue weighted by molar-refractivity contribution is 7.17. The van der Waals surface area contributed by atoms with Crippen LogP contribution in [0.25, 0.3) is 15.9 Å². The highest BCUT2D eigenvalue weighted by Gasteiger charge is 2.19. The van der Waals surface area contributed by atoms with Crippen molar-refractivity contribution in [2.75, 3.05) is 5.32 Å². The Morgan fingerprint density at radius 3 is 2.42 bits per heavy atom. The van der Waals surface area contributed by atoms with Crippen molar-refractivity contribution in [3.8, 4) is 5.69 Å². The molecule has 0 aliphatic carbocycles. The summed E-state index contributed by atoms with van der Waals surface area (Å²) in [6, 6.07) is 7.14. The third-order valence-electron chi connectivity index (χ3n) is 4.36. The molecule has 0 aliphatic rings. The van der Waals surface area contributed by atoms with Crippen molar-refractivity contribution in [2.45, 2.75) is 6.54 Å². The molecule has 4 rings (SSSR count). The van der Waals surface area contributed by atoms with Crippen molar-refractivity contribution in [3.05, 3.63) is 91.2 Å². The molecule has 0 atom stereocenters. The fourth-order valence-electron chi connectivity index (χ4n) is 3.06.